The first-order chi connectivity index (χ1) is 8.69. The van der Waals surface area contributed by atoms with E-state index in [-0.39, 0.29) is 30.8 Å². The summed E-state index contributed by atoms with van der Waals surface area (Å²) in [7, 11) is 0. The van der Waals surface area contributed by atoms with E-state index in [1.165, 1.54) is 0 Å². The standard InChI is InChI=1S/C15H27NO3/c1-11-8-9-16(12(2)10-11)13(17)6-7-14(18)19-15(3,4)5/h11-12H,6-10H2,1-5H3. The molecule has 1 heterocycles. The minimum absolute atomic E-state index is 0.0743. The summed E-state index contributed by atoms with van der Waals surface area (Å²) in [6.07, 6.45) is 2.54. The molecule has 1 fully saturated rings. The van der Waals surface area contributed by atoms with Crippen LogP contribution in [0.15, 0.2) is 0 Å². The first-order valence-electron chi connectivity index (χ1n) is 7.20. The van der Waals surface area contributed by atoms with Gasteiger partial charge in [-0.15, -0.1) is 0 Å². The molecule has 1 aliphatic rings. The lowest BCUT2D eigenvalue weighted by Crippen LogP contribution is -2.44. The van der Waals surface area contributed by atoms with Crippen LogP contribution in [0.2, 0.25) is 0 Å². The van der Waals surface area contributed by atoms with Crippen molar-refractivity contribution in [2.24, 2.45) is 5.92 Å². The number of likely N-dealkylation sites (tertiary alicyclic amines) is 1. The van der Waals surface area contributed by atoms with Crippen LogP contribution in [0.4, 0.5) is 0 Å². The number of esters is 1. The van der Waals surface area contributed by atoms with Crippen LogP contribution in [0.3, 0.4) is 0 Å². The maximum absolute atomic E-state index is 12.1. The van der Waals surface area contributed by atoms with Crippen molar-refractivity contribution in [2.75, 3.05) is 6.54 Å². The van der Waals surface area contributed by atoms with Crippen molar-refractivity contribution in [1.29, 1.82) is 0 Å². The van der Waals surface area contributed by atoms with Crippen molar-refractivity contribution in [3.63, 3.8) is 0 Å². The molecule has 1 rings (SSSR count). The van der Waals surface area contributed by atoms with Gasteiger partial charge in [0, 0.05) is 19.0 Å². The van der Waals surface area contributed by atoms with E-state index in [0.717, 1.165) is 19.4 Å². The van der Waals surface area contributed by atoms with Crippen molar-refractivity contribution in [2.45, 2.75) is 71.9 Å². The van der Waals surface area contributed by atoms with E-state index in [0.29, 0.717) is 5.92 Å². The zero-order valence-electron chi connectivity index (χ0n) is 12.9. The molecule has 0 aromatic heterocycles. The first kappa shape index (κ1) is 16.0. The Hall–Kier alpha value is -1.06. The Morgan fingerprint density at radius 2 is 1.84 bits per heavy atom. The van der Waals surface area contributed by atoms with Gasteiger partial charge < -0.3 is 9.64 Å². The summed E-state index contributed by atoms with van der Waals surface area (Å²) in [5.41, 5.74) is -0.478. The van der Waals surface area contributed by atoms with E-state index in [1.54, 1.807) is 0 Å². The average Bonchev–Trinajstić information content (AvgIpc) is 2.23. The van der Waals surface area contributed by atoms with Gasteiger partial charge in [0.15, 0.2) is 0 Å². The van der Waals surface area contributed by atoms with Gasteiger partial charge in [0.1, 0.15) is 5.60 Å². The van der Waals surface area contributed by atoms with Gasteiger partial charge in [0.25, 0.3) is 0 Å². The largest absolute Gasteiger partial charge is 0.460 e. The van der Waals surface area contributed by atoms with E-state index in [1.807, 2.05) is 25.7 Å². The summed E-state index contributed by atoms with van der Waals surface area (Å²) in [6, 6.07) is 0.287. The number of nitrogens with zero attached hydrogens (tertiary/aromatic N) is 1. The monoisotopic (exact) mass is 269 g/mol. The van der Waals surface area contributed by atoms with E-state index in [2.05, 4.69) is 13.8 Å². The maximum atomic E-state index is 12.1. The molecule has 19 heavy (non-hydrogen) atoms. The second-order valence-electron chi connectivity index (χ2n) is 6.65. The Morgan fingerprint density at radius 3 is 2.37 bits per heavy atom. The maximum Gasteiger partial charge on any atom is 0.306 e. The number of rotatable bonds is 3. The highest BCUT2D eigenvalue weighted by Gasteiger charge is 2.27. The highest BCUT2D eigenvalue weighted by atomic mass is 16.6. The highest BCUT2D eigenvalue weighted by molar-refractivity contribution is 5.81. The summed E-state index contributed by atoms with van der Waals surface area (Å²) in [5.74, 6) is 0.467. The van der Waals surface area contributed by atoms with Crippen molar-refractivity contribution in [3.05, 3.63) is 0 Å². The molecule has 110 valence electrons. The summed E-state index contributed by atoms with van der Waals surface area (Å²) < 4.78 is 5.21. The fourth-order valence-electron chi connectivity index (χ4n) is 2.52. The molecular weight excluding hydrogens is 242 g/mol. The van der Waals surface area contributed by atoms with Crippen LogP contribution in [0, 0.1) is 5.92 Å². The first-order valence-corrected chi connectivity index (χ1v) is 7.20. The molecule has 2 atom stereocenters. The van der Waals surface area contributed by atoms with Gasteiger partial charge in [-0.1, -0.05) is 6.92 Å². The Morgan fingerprint density at radius 1 is 1.21 bits per heavy atom. The molecule has 1 saturated heterocycles. The molecule has 0 saturated carbocycles. The molecule has 1 amide bonds. The van der Waals surface area contributed by atoms with Crippen molar-refractivity contribution in [1.82, 2.24) is 4.90 Å². The van der Waals surface area contributed by atoms with Gasteiger partial charge >= 0.3 is 5.97 Å². The number of hydrogen-bond donors (Lipinski definition) is 0. The third-order valence-corrected chi connectivity index (χ3v) is 3.42. The van der Waals surface area contributed by atoms with Crippen molar-refractivity contribution < 1.29 is 14.3 Å². The lowest BCUT2D eigenvalue weighted by Gasteiger charge is -2.36. The quantitative estimate of drug-likeness (QED) is 0.740. The molecule has 0 N–H and O–H groups in total. The average molecular weight is 269 g/mol. The molecule has 1 aliphatic heterocycles. The SMILES string of the molecule is CC1CCN(C(=O)CCC(=O)OC(C)(C)C)C(C)C1. The van der Waals surface area contributed by atoms with Crippen LogP contribution >= 0.6 is 0 Å². The topological polar surface area (TPSA) is 46.6 Å². The predicted octanol–water partition coefficient (Wildman–Crippen LogP) is 2.76. The van der Waals surface area contributed by atoms with Crippen LogP contribution in [-0.4, -0.2) is 35.0 Å². The third-order valence-electron chi connectivity index (χ3n) is 3.42. The van der Waals surface area contributed by atoms with Crippen molar-refractivity contribution in [3.8, 4) is 0 Å². The molecular formula is C15H27NO3. The highest BCUT2D eigenvalue weighted by Crippen LogP contribution is 2.23. The molecule has 4 nitrogen and oxygen atoms in total. The second-order valence-corrected chi connectivity index (χ2v) is 6.65. The molecule has 0 aliphatic carbocycles. The zero-order valence-corrected chi connectivity index (χ0v) is 12.9. The molecule has 0 spiro atoms. The molecule has 0 aromatic rings. The normalized spacial score (nSPS) is 24.2. The van der Waals surface area contributed by atoms with E-state index in [4.69, 9.17) is 4.74 Å². The van der Waals surface area contributed by atoms with Crippen LogP contribution < -0.4 is 0 Å². The predicted molar refractivity (Wildman–Crippen MR) is 74.7 cm³/mol. The molecule has 0 aromatic carbocycles. The zero-order chi connectivity index (χ0) is 14.6. The second kappa shape index (κ2) is 6.40. The Kier molecular flexibility index (Phi) is 5.39. The van der Waals surface area contributed by atoms with Gasteiger partial charge in [-0.05, 0) is 46.5 Å². The van der Waals surface area contributed by atoms with Crippen LogP contribution in [0.1, 0.15) is 60.3 Å². The molecule has 4 heteroatoms. The van der Waals surface area contributed by atoms with Crippen LogP contribution in [-0.2, 0) is 14.3 Å². The Bertz CT molecular complexity index is 333. The summed E-state index contributed by atoms with van der Waals surface area (Å²) in [6.45, 7) is 10.6. The number of carbonyl (C=O) groups excluding carboxylic acids is 2. The molecule has 0 radical (unpaired) electrons. The number of ether oxygens (including phenoxy) is 1. The molecule has 2 unspecified atom stereocenters. The van der Waals surface area contributed by atoms with Gasteiger partial charge in [0.2, 0.25) is 5.91 Å². The van der Waals surface area contributed by atoms with Gasteiger partial charge in [-0.2, -0.15) is 0 Å². The minimum atomic E-state index is -0.478. The van der Waals surface area contributed by atoms with Gasteiger partial charge in [-0.25, -0.2) is 0 Å². The third kappa shape index (κ3) is 5.62. The fourth-order valence-corrected chi connectivity index (χ4v) is 2.52. The molecule has 0 bridgehead atoms. The fraction of sp³-hybridized carbons (Fsp3) is 0.867. The summed E-state index contributed by atoms with van der Waals surface area (Å²) in [4.78, 5) is 25.6. The minimum Gasteiger partial charge on any atom is -0.460 e. The smallest absolute Gasteiger partial charge is 0.306 e. The summed E-state index contributed by atoms with van der Waals surface area (Å²) in [5, 5.41) is 0. The van der Waals surface area contributed by atoms with Crippen LogP contribution in [0.5, 0.6) is 0 Å². The van der Waals surface area contributed by atoms with E-state index >= 15 is 0 Å². The lowest BCUT2D eigenvalue weighted by molar-refractivity contribution is -0.156. The number of piperidine rings is 1. The number of amides is 1. The summed E-state index contributed by atoms with van der Waals surface area (Å²) >= 11 is 0. The van der Waals surface area contributed by atoms with Gasteiger partial charge in [-0.3, -0.25) is 9.59 Å². The van der Waals surface area contributed by atoms with Gasteiger partial charge in [0.05, 0.1) is 6.42 Å². The number of carbonyl (C=O) groups is 2. The van der Waals surface area contributed by atoms with Crippen LogP contribution in [0.25, 0.3) is 0 Å². The van der Waals surface area contributed by atoms with Crippen molar-refractivity contribution >= 4 is 11.9 Å². The Balaban J connectivity index is 2.37. The number of hydrogen-bond acceptors (Lipinski definition) is 3. The van der Waals surface area contributed by atoms with E-state index < -0.39 is 5.60 Å². The lowest BCUT2D eigenvalue weighted by atomic mass is 9.93. The Labute approximate surface area is 116 Å². The van der Waals surface area contributed by atoms with E-state index in [9.17, 15) is 9.59 Å².